The molecule has 0 aromatic carbocycles. The number of carboxylic acid groups (broad SMARTS) is 1. The number of Topliss-reactive ketones (excluding diaryl/α,β-unsaturated/α-hetero) is 1. The number of carbonyl (C=O) groups is 2. The molecule has 14 heavy (non-hydrogen) atoms. The van der Waals surface area contributed by atoms with Crippen LogP contribution in [-0.4, -0.2) is 21.8 Å². The SMILES string of the molecule is O=C(O)CCC(=O)c1ccncc1F. The zero-order valence-corrected chi connectivity index (χ0v) is 7.24. The predicted molar refractivity (Wildman–Crippen MR) is 45.4 cm³/mol. The fourth-order valence-corrected chi connectivity index (χ4v) is 0.956. The fraction of sp³-hybridized carbons (Fsp3) is 0.222. The van der Waals surface area contributed by atoms with Crippen LogP contribution in [0.1, 0.15) is 23.2 Å². The standard InChI is InChI=1S/C9H8FNO3/c10-7-5-11-4-3-6(7)8(12)1-2-9(13)14/h3-5H,1-2H2,(H,13,14). The smallest absolute Gasteiger partial charge is 0.303 e. The Balaban J connectivity index is 2.70. The molecule has 0 fully saturated rings. The van der Waals surface area contributed by atoms with Crippen LogP contribution < -0.4 is 0 Å². The lowest BCUT2D eigenvalue weighted by Gasteiger charge is -1.99. The van der Waals surface area contributed by atoms with E-state index in [9.17, 15) is 14.0 Å². The zero-order chi connectivity index (χ0) is 10.6. The summed E-state index contributed by atoms with van der Waals surface area (Å²) in [6.07, 6.45) is 1.72. The van der Waals surface area contributed by atoms with Crippen molar-refractivity contribution in [1.29, 1.82) is 0 Å². The number of nitrogens with zero attached hydrogens (tertiary/aromatic N) is 1. The topological polar surface area (TPSA) is 67.3 Å². The van der Waals surface area contributed by atoms with Gasteiger partial charge in [-0.3, -0.25) is 14.6 Å². The van der Waals surface area contributed by atoms with Crippen molar-refractivity contribution in [2.45, 2.75) is 12.8 Å². The Morgan fingerprint density at radius 1 is 1.43 bits per heavy atom. The summed E-state index contributed by atoms with van der Waals surface area (Å²) in [5, 5.41) is 8.32. The minimum atomic E-state index is -1.08. The molecule has 0 amide bonds. The van der Waals surface area contributed by atoms with Crippen molar-refractivity contribution >= 4 is 11.8 Å². The molecule has 0 aliphatic carbocycles. The predicted octanol–water partition coefficient (Wildman–Crippen LogP) is 1.27. The van der Waals surface area contributed by atoms with E-state index in [2.05, 4.69) is 4.98 Å². The van der Waals surface area contributed by atoms with Crippen molar-refractivity contribution in [1.82, 2.24) is 4.98 Å². The number of aliphatic carboxylic acids is 1. The second kappa shape index (κ2) is 4.45. The van der Waals surface area contributed by atoms with Crippen LogP contribution in [0.5, 0.6) is 0 Å². The molecule has 0 saturated carbocycles. The molecule has 0 atom stereocenters. The van der Waals surface area contributed by atoms with E-state index >= 15 is 0 Å². The maximum absolute atomic E-state index is 12.9. The van der Waals surface area contributed by atoms with E-state index in [0.717, 1.165) is 6.20 Å². The van der Waals surface area contributed by atoms with Crippen molar-refractivity contribution in [2.75, 3.05) is 0 Å². The van der Waals surface area contributed by atoms with Crippen LogP contribution in [0.2, 0.25) is 0 Å². The molecule has 1 rings (SSSR count). The van der Waals surface area contributed by atoms with Crippen LogP contribution in [0.25, 0.3) is 0 Å². The lowest BCUT2D eigenvalue weighted by atomic mass is 10.1. The molecule has 5 heteroatoms. The first-order valence-corrected chi connectivity index (χ1v) is 3.96. The summed E-state index contributed by atoms with van der Waals surface area (Å²) in [6.45, 7) is 0. The molecule has 0 radical (unpaired) electrons. The second-order valence-electron chi connectivity index (χ2n) is 2.67. The number of pyridine rings is 1. The molecule has 4 nitrogen and oxygen atoms in total. The molecule has 1 heterocycles. The normalized spacial score (nSPS) is 9.79. The first kappa shape index (κ1) is 10.3. The summed E-state index contributed by atoms with van der Waals surface area (Å²) >= 11 is 0. The van der Waals surface area contributed by atoms with Gasteiger partial charge in [-0.2, -0.15) is 0 Å². The summed E-state index contributed by atoms with van der Waals surface area (Å²) in [4.78, 5) is 24.9. The number of carboxylic acids is 1. The van der Waals surface area contributed by atoms with Crippen LogP contribution in [0.3, 0.4) is 0 Å². The number of rotatable bonds is 4. The summed E-state index contributed by atoms with van der Waals surface area (Å²) in [5.41, 5.74) is -0.110. The van der Waals surface area contributed by atoms with Crippen molar-refractivity contribution in [3.63, 3.8) is 0 Å². The minimum absolute atomic E-state index is 0.110. The molecule has 1 aromatic heterocycles. The van der Waals surface area contributed by atoms with Gasteiger partial charge < -0.3 is 5.11 Å². The number of hydrogen-bond acceptors (Lipinski definition) is 3. The lowest BCUT2D eigenvalue weighted by molar-refractivity contribution is -0.136. The zero-order valence-electron chi connectivity index (χ0n) is 7.24. The van der Waals surface area contributed by atoms with Gasteiger partial charge in [0.15, 0.2) is 11.6 Å². The molecule has 0 aliphatic rings. The minimum Gasteiger partial charge on any atom is -0.481 e. The Morgan fingerprint density at radius 3 is 2.71 bits per heavy atom. The highest BCUT2D eigenvalue weighted by Crippen LogP contribution is 2.08. The molecule has 74 valence electrons. The first-order chi connectivity index (χ1) is 6.61. The van der Waals surface area contributed by atoms with Gasteiger partial charge in [0.25, 0.3) is 0 Å². The third-order valence-corrected chi connectivity index (χ3v) is 1.64. The summed E-state index contributed by atoms with van der Waals surface area (Å²) < 4.78 is 12.9. The molecular formula is C9H8FNO3. The Hall–Kier alpha value is -1.78. The lowest BCUT2D eigenvalue weighted by Crippen LogP contribution is -2.06. The number of carbonyl (C=O) groups excluding carboxylic acids is 1. The Labute approximate surface area is 79.4 Å². The molecule has 0 bridgehead atoms. The number of hydrogen-bond donors (Lipinski definition) is 1. The fourth-order valence-electron chi connectivity index (χ4n) is 0.956. The molecule has 0 aliphatic heterocycles. The molecule has 0 saturated heterocycles. The van der Waals surface area contributed by atoms with Crippen LogP contribution in [0.15, 0.2) is 18.5 Å². The first-order valence-electron chi connectivity index (χ1n) is 3.96. The van der Waals surface area contributed by atoms with E-state index in [4.69, 9.17) is 5.11 Å². The van der Waals surface area contributed by atoms with Gasteiger partial charge in [-0.1, -0.05) is 0 Å². The third kappa shape index (κ3) is 2.62. The summed E-state index contributed by atoms with van der Waals surface area (Å²) in [5.74, 6) is -2.32. The Morgan fingerprint density at radius 2 is 2.14 bits per heavy atom. The molecule has 0 spiro atoms. The average Bonchev–Trinajstić information content (AvgIpc) is 2.15. The number of halogens is 1. The van der Waals surface area contributed by atoms with Crippen LogP contribution in [0.4, 0.5) is 4.39 Å². The molecule has 0 unspecified atom stereocenters. The molecular weight excluding hydrogens is 189 g/mol. The maximum atomic E-state index is 12.9. The van der Waals surface area contributed by atoms with Crippen molar-refractivity contribution in [3.05, 3.63) is 29.8 Å². The van der Waals surface area contributed by atoms with Gasteiger partial charge in [0.2, 0.25) is 0 Å². The Bertz CT molecular complexity index is 365. The highest BCUT2D eigenvalue weighted by atomic mass is 19.1. The molecule has 1 aromatic rings. The van der Waals surface area contributed by atoms with Crippen LogP contribution >= 0.6 is 0 Å². The van der Waals surface area contributed by atoms with Gasteiger partial charge in [-0.25, -0.2) is 4.39 Å². The van der Waals surface area contributed by atoms with Gasteiger partial charge in [0.05, 0.1) is 18.2 Å². The largest absolute Gasteiger partial charge is 0.481 e. The highest BCUT2D eigenvalue weighted by Gasteiger charge is 2.12. The van der Waals surface area contributed by atoms with E-state index < -0.39 is 17.6 Å². The van der Waals surface area contributed by atoms with Crippen molar-refractivity contribution in [3.8, 4) is 0 Å². The monoisotopic (exact) mass is 197 g/mol. The average molecular weight is 197 g/mol. The van der Waals surface area contributed by atoms with Gasteiger partial charge in [-0.05, 0) is 6.07 Å². The third-order valence-electron chi connectivity index (χ3n) is 1.64. The second-order valence-corrected chi connectivity index (χ2v) is 2.67. The quantitative estimate of drug-likeness (QED) is 0.738. The van der Waals surface area contributed by atoms with Gasteiger partial charge in [-0.15, -0.1) is 0 Å². The van der Waals surface area contributed by atoms with Gasteiger partial charge in [0.1, 0.15) is 0 Å². The molecule has 1 N–H and O–H groups in total. The summed E-state index contributed by atoms with van der Waals surface area (Å²) in [6, 6.07) is 1.24. The number of ketones is 1. The van der Waals surface area contributed by atoms with E-state index in [1.54, 1.807) is 0 Å². The van der Waals surface area contributed by atoms with Gasteiger partial charge in [0, 0.05) is 12.6 Å². The maximum Gasteiger partial charge on any atom is 0.303 e. The summed E-state index contributed by atoms with van der Waals surface area (Å²) in [7, 11) is 0. The van der Waals surface area contributed by atoms with E-state index in [-0.39, 0.29) is 18.4 Å². The van der Waals surface area contributed by atoms with Crippen LogP contribution in [0, 0.1) is 5.82 Å². The van der Waals surface area contributed by atoms with Crippen molar-refractivity contribution in [2.24, 2.45) is 0 Å². The van der Waals surface area contributed by atoms with E-state index in [1.165, 1.54) is 12.3 Å². The van der Waals surface area contributed by atoms with Crippen LogP contribution in [-0.2, 0) is 4.79 Å². The van der Waals surface area contributed by atoms with E-state index in [0.29, 0.717) is 0 Å². The van der Waals surface area contributed by atoms with Gasteiger partial charge >= 0.3 is 5.97 Å². The number of aromatic nitrogens is 1. The Kier molecular flexibility index (Phi) is 3.28. The highest BCUT2D eigenvalue weighted by molar-refractivity contribution is 5.97. The van der Waals surface area contributed by atoms with E-state index in [1.807, 2.05) is 0 Å². The van der Waals surface area contributed by atoms with Crippen molar-refractivity contribution < 1.29 is 19.1 Å².